The summed E-state index contributed by atoms with van der Waals surface area (Å²) in [5.41, 5.74) is 3.56. The fourth-order valence-corrected chi connectivity index (χ4v) is 6.19. The molecule has 0 aromatic heterocycles. The van der Waals surface area contributed by atoms with Gasteiger partial charge in [0, 0.05) is 11.4 Å². The molecule has 0 radical (unpaired) electrons. The molecule has 2 amide bonds. The van der Waals surface area contributed by atoms with Crippen LogP contribution in [0.25, 0.3) is 0 Å². The number of para-hydroxylation sites is 1. The van der Waals surface area contributed by atoms with Crippen molar-refractivity contribution in [1.82, 2.24) is 0 Å². The average Bonchev–Trinajstić information content (AvgIpc) is 2.62. The second-order valence-corrected chi connectivity index (χ2v) is 8.72. The van der Waals surface area contributed by atoms with Crippen LogP contribution in [-0.2, 0) is 5.41 Å². The van der Waals surface area contributed by atoms with Crippen molar-refractivity contribution in [3.05, 3.63) is 60.2 Å². The Hall–Kier alpha value is -2.29. The van der Waals surface area contributed by atoms with Gasteiger partial charge >= 0.3 is 6.03 Å². The maximum absolute atomic E-state index is 12.2. The van der Waals surface area contributed by atoms with Crippen LogP contribution in [0.1, 0.15) is 44.1 Å². The second kappa shape index (κ2) is 6.15. The summed E-state index contributed by atoms with van der Waals surface area (Å²) in [5.74, 6) is 2.86. The maximum atomic E-state index is 12.2. The first-order chi connectivity index (χ1) is 12.7. The number of rotatable bonds is 3. The van der Waals surface area contributed by atoms with Gasteiger partial charge in [0.15, 0.2) is 0 Å². The zero-order chi connectivity index (χ0) is 17.6. The molecule has 3 nitrogen and oxygen atoms in total. The quantitative estimate of drug-likeness (QED) is 0.724. The molecule has 4 bridgehead atoms. The molecule has 0 aliphatic heterocycles. The molecule has 4 aliphatic carbocycles. The van der Waals surface area contributed by atoms with Crippen LogP contribution in [0.5, 0.6) is 0 Å². The highest BCUT2D eigenvalue weighted by Crippen LogP contribution is 2.60. The summed E-state index contributed by atoms with van der Waals surface area (Å²) in [5, 5.41) is 5.80. The minimum absolute atomic E-state index is 0.196. The van der Waals surface area contributed by atoms with Crippen molar-refractivity contribution in [1.29, 1.82) is 0 Å². The molecule has 0 heterocycles. The largest absolute Gasteiger partial charge is 0.323 e. The molecule has 4 saturated carbocycles. The van der Waals surface area contributed by atoms with E-state index in [1.807, 2.05) is 30.3 Å². The van der Waals surface area contributed by atoms with Crippen molar-refractivity contribution < 1.29 is 4.79 Å². The van der Waals surface area contributed by atoms with Gasteiger partial charge in [0.1, 0.15) is 0 Å². The predicted octanol–water partition coefficient (Wildman–Crippen LogP) is 5.80. The minimum atomic E-state index is -0.196. The van der Waals surface area contributed by atoms with Gasteiger partial charge in [-0.3, -0.25) is 0 Å². The van der Waals surface area contributed by atoms with Gasteiger partial charge < -0.3 is 10.6 Å². The number of hydrogen-bond donors (Lipinski definition) is 2. The monoisotopic (exact) mass is 346 g/mol. The van der Waals surface area contributed by atoms with Crippen LogP contribution in [0.3, 0.4) is 0 Å². The number of carbonyl (C=O) groups is 1. The smallest absolute Gasteiger partial charge is 0.308 e. The van der Waals surface area contributed by atoms with E-state index in [4.69, 9.17) is 0 Å². The number of anilines is 2. The summed E-state index contributed by atoms with van der Waals surface area (Å²) < 4.78 is 0. The first-order valence-electron chi connectivity index (χ1n) is 9.92. The average molecular weight is 346 g/mol. The molecule has 0 spiro atoms. The van der Waals surface area contributed by atoms with E-state index in [-0.39, 0.29) is 6.03 Å². The van der Waals surface area contributed by atoms with E-state index >= 15 is 0 Å². The van der Waals surface area contributed by atoms with E-state index in [0.29, 0.717) is 5.41 Å². The van der Waals surface area contributed by atoms with Gasteiger partial charge in [0.05, 0.1) is 0 Å². The Morgan fingerprint density at radius 2 is 1.23 bits per heavy atom. The highest BCUT2D eigenvalue weighted by molar-refractivity contribution is 5.99. The lowest BCUT2D eigenvalue weighted by molar-refractivity contribution is -0.00518. The Balaban J connectivity index is 1.28. The highest BCUT2D eigenvalue weighted by atomic mass is 16.2. The molecule has 0 saturated heterocycles. The van der Waals surface area contributed by atoms with Gasteiger partial charge in [0.25, 0.3) is 0 Å². The molecule has 6 rings (SSSR count). The van der Waals surface area contributed by atoms with Crippen molar-refractivity contribution >= 4 is 17.4 Å². The molecule has 3 heteroatoms. The number of amides is 2. The van der Waals surface area contributed by atoms with Crippen molar-refractivity contribution in [2.45, 2.75) is 43.9 Å². The topological polar surface area (TPSA) is 41.1 Å². The second-order valence-electron chi connectivity index (χ2n) is 8.72. The third-order valence-electron chi connectivity index (χ3n) is 6.83. The Morgan fingerprint density at radius 1 is 0.731 bits per heavy atom. The lowest BCUT2D eigenvalue weighted by atomic mass is 9.48. The third-order valence-corrected chi connectivity index (χ3v) is 6.83. The fraction of sp³-hybridized carbons (Fsp3) is 0.435. The number of hydrogen-bond acceptors (Lipinski definition) is 1. The van der Waals surface area contributed by atoms with Crippen LogP contribution in [0.4, 0.5) is 16.2 Å². The van der Waals surface area contributed by atoms with E-state index < -0.39 is 0 Å². The molecule has 4 fully saturated rings. The van der Waals surface area contributed by atoms with Crippen molar-refractivity contribution in [3.8, 4) is 0 Å². The van der Waals surface area contributed by atoms with E-state index in [2.05, 4.69) is 34.9 Å². The molecular weight excluding hydrogens is 320 g/mol. The van der Waals surface area contributed by atoms with Crippen LogP contribution in [0, 0.1) is 17.8 Å². The van der Waals surface area contributed by atoms with Gasteiger partial charge in [-0.05, 0) is 91.5 Å². The Bertz CT molecular complexity index is 761. The molecule has 4 aliphatic rings. The molecule has 2 N–H and O–H groups in total. The van der Waals surface area contributed by atoms with Crippen LogP contribution >= 0.6 is 0 Å². The van der Waals surface area contributed by atoms with Crippen molar-refractivity contribution in [2.24, 2.45) is 17.8 Å². The minimum Gasteiger partial charge on any atom is -0.308 e. The SMILES string of the molecule is O=C(Nc1ccccc1)Nc1ccc(C23CC4CC(CC(C4)C2)C3)cc1. The van der Waals surface area contributed by atoms with E-state index in [1.165, 1.54) is 44.1 Å². The van der Waals surface area contributed by atoms with Crippen molar-refractivity contribution in [3.63, 3.8) is 0 Å². The van der Waals surface area contributed by atoms with Crippen LogP contribution in [0.2, 0.25) is 0 Å². The summed E-state index contributed by atoms with van der Waals surface area (Å²) in [6, 6.07) is 18.0. The highest BCUT2D eigenvalue weighted by Gasteiger charge is 2.51. The lowest BCUT2D eigenvalue weighted by Crippen LogP contribution is -2.48. The van der Waals surface area contributed by atoms with Gasteiger partial charge in [0.2, 0.25) is 0 Å². The summed E-state index contributed by atoms with van der Waals surface area (Å²) in [4.78, 5) is 12.2. The van der Waals surface area contributed by atoms with E-state index in [9.17, 15) is 4.79 Å². The first-order valence-corrected chi connectivity index (χ1v) is 9.92. The maximum Gasteiger partial charge on any atom is 0.323 e. The van der Waals surface area contributed by atoms with Gasteiger partial charge in [-0.15, -0.1) is 0 Å². The molecule has 134 valence electrons. The molecule has 2 aromatic carbocycles. The van der Waals surface area contributed by atoms with Crippen LogP contribution < -0.4 is 10.6 Å². The normalized spacial score (nSPS) is 31.6. The summed E-state index contributed by atoms with van der Waals surface area (Å²) >= 11 is 0. The standard InChI is InChI=1S/C23H26N2O/c26-22(24-20-4-2-1-3-5-20)25-21-8-6-19(7-9-21)23-13-16-10-17(14-23)12-18(11-16)15-23/h1-9,16-18H,10-15H2,(H2,24,25,26). The van der Waals surface area contributed by atoms with E-state index in [0.717, 1.165) is 29.1 Å². The first kappa shape index (κ1) is 15.9. The molecular formula is C23H26N2O. The summed E-state index contributed by atoms with van der Waals surface area (Å²) in [6.45, 7) is 0. The van der Waals surface area contributed by atoms with Crippen molar-refractivity contribution in [2.75, 3.05) is 10.6 Å². The zero-order valence-electron chi connectivity index (χ0n) is 15.1. The van der Waals surface area contributed by atoms with Gasteiger partial charge in [-0.1, -0.05) is 30.3 Å². The number of nitrogens with one attached hydrogen (secondary N) is 2. The number of benzene rings is 2. The summed E-state index contributed by atoms with van der Waals surface area (Å²) in [6.07, 6.45) is 8.54. The Labute approximate surface area is 155 Å². The van der Waals surface area contributed by atoms with Gasteiger partial charge in [-0.25, -0.2) is 4.79 Å². The third kappa shape index (κ3) is 2.90. The number of urea groups is 1. The molecule has 0 atom stereocenters. The van der Waals surface area contributed by atoms with Gasteiger partial charge in [-0.2, -0.15) is 0 Å². The van der Waals surface area contributed by atoms with Crippen LogP contribution in [0.15, 0.2) is 54.6 Å². The fourth-order valence-electron chi connectivity index (χ4n) is 6.19. The molecule has 0 unspecified atom stereocenters. The van der Waals surface area contributed by atoms with Crippen LogP contribution in [-0.4, -0.2) is 6.03 Å². The summed E-state index contributed by atoms with van der Waals surface area (Å²) in [7, 11) is 0. The number of carbonyl (C=O) groups excluding carboxylic acids is 1. The predicted molar refractivity (Wildman–Crippen MR) is 105 cm³/mol. The lowest BCUT2D eigenvalue weighted by Gasteiger charge is -2.57. The Morgan fingerprint density at radius 3 is 1.77 bits per heavy atom. The zero-order valence-corrected chi connectivity index (χ0v) is 15.1. The molecule has 26 heavy (non-hydrogen) atoms. The van der Waals surface area contributed by atoms with E-state index in [1.54, 1.807) is 0 Å². The molecule has 2 aromatic rings. The Kier molecular flexibility index (Phi) is 3.77.